The van der Waals surface area contributed by atoms with Gasteiger partial charge in [0.2, 0.25) is 11.8 Å². The summed E-state index contributed by atoms with van der Waals surface area (Å²) in [6.45, 7) is 4.86. The second-order valence-corrected chi connectivity index (χ2v) is 5.40. The fourth-order valence-corrected chi connectivity index (χ4v) is 2.52. The van der Waals surface area contributed by atoms with Crippen molar-refractivity contribution in [2.24, 2.45) is 5.41 Å². The first-order chi connectivity index (χ1) is 9.32. The lowest BCUT2D eigenvalue weighted by atomic mass is 9.89. The Balaban J connectivity index is 2.65. The first-order valence-electron chi connectivity index (χ1n) is 6.62. The van der Waals surface area contributed by atoms with Gasteiger partial charge in [0, 0.05) is 27.1 Å². The third-order valence-electron chi connectivity index (χ3n) is 3.63. The van der Waals surface area contributed by atoms with E-state index in [9.17, 15) is 14.4 Å². The quantitative estimate of drug-likeness (QED) is 0.641. The monoisotopic (exact) mass is 285 g/mol. The van der Waals surface area contributed by atoms with Crippen LogP contribution in [0.4, 0.5) is 0 Å². The standard InChI is InChI=1S/C13H23N3O4/c1-9(17)15-10(11(18)20-4)7-16-6-5-13(2,8-16)12(19)14-3/h10H,5-8H2,1-4H3,(H,14,19)(H,15,17). The van der Waals surface area contributed by atoms with E-state index in [1.54, 1.807) is 7.05 Å². The van der Waals surface area contributed by atoms with Crippen LogP contribution in [0.25, 0.3) is 0 Å². The first-order valence-corrected chi connectivity index (χ1v) is 6.62. The molecular formula is C13H23N3O4. The Morgan fingerprint density at radius 3 is 2.55 bits per heavy atom. The molecule has 114 valence electrons. The molecule has 0 aromatic carbocycles. The Morgan fingerprint density at radius 1 is 1.40 bits per heavy atom. The van der Waals surface area contributed by atoms with Crippen LogP contribution in [0.15, 0.2) is 0 Å². The summed E-state index contributed by atoms with van der Waals surface area (Å²) in [5.74, 6) is -0.767. The number of rotatable bonds is 5. The first kappa shape index (κ1) is 16.4. The van der Waals surface area contributed by atoms with Gasteiger partial charge in [-0.2, -0.15) is 0 Å². The molecule has 7 nitrogen and oxygen atoms in total. The predicted octanol–water partition coefficient (Wildman–Crippen LogP) is -0.878. The van der Waals surface area contributed by atoms with Crippen molar-refractivity contribution in [1.29, 1.82) is 0 Å². The van der Waals surface area contributed by atoms with Crippen LogP contribution in [0.3, 0.4) is 0 Å². The highest BCUT2D eigenvalue weighted by Crippen LogP contribution is 2.30. The fourth-order valence-electron chi connectivity index (χ4n) is 2.52. The van der Waals surface area contributed by atoms with Crippen LogP contribution >= 0.6 is 0 Å². The van der Waals surface area contributed by atoms with Crippen LogP contribution < -0.4 is 10.6 Å². The topological polar surface area (TPSA) is 87.7 Å². The van der Waals surface area contributed by atoms with E-state index in [2.05, 4.69) is 15.4 Å². The number of hydrogen-bond donors (Lipinski definition) is 2. The summed E-state index contributed by atoms with van der Waals surface area (Å²) < 4.78 is 4.68. The van der Waals surface area contributed by atoms with E-state index in [1.807, 2.05) is 11.8 Å². The van der Waals surface area contributed by atoms with Crippen LogP contribution in [0, 0.1) is 5.41 Å². The number of methoxy groups -OCH3 is 1. The second kappa shape index (κ2) is 6.69. The number of carbonyl (C=O) groups is 3. The number of esters is 1. The maximum atomic E-state index is 11.8. The molecule has 0 aromatic rings. The lowest BCUT2D eigenvalue weighted by Crippen LogP contribution is -2.48. The third-order valence-corrected chi connectivity index (χ3v) is 3.63. The molecule has 2 amide bonds. The van der Waals surface area contributed by atoms with Gasteiger partial charge in [-0.25, -0.2) is 4.79 Å². The minimum absolute atomic E-state index is 0.00542. The van der Waals surface area contributed by atoms with Crippen molar-refractivity contribution in [3.63, 3.8) is 0 Å². The summed E-state index contributed by atoms with van der Waals surface area (Å²) in [6.07, 6.45) is 0.723. The summed E-state index contributed by atoms with van der Waals surface area (Å²) in [4.78, 5) is 36.6. The smallest absolute Gasteiger partial charge is 0.329 e. The maximum absolute atomic E-state index is 11.8. The Hall–Kier alpha value is -1.63. The number of ether oxygens (including phenoxy) is 1. The molecule has 1 fully saturated rings. The molecule has 2 N–H and O–H groups in total. The van der Waals surface area contributed by atoms with Crippen LogP contribution in [0.1, 0.15) is 20.3 Å². The van der Waals surface area contributed by atoms with Crippen LogP contribution in [0.2, 0.25) is 0 Å². The molecule has 1 saturated heterocycles. The van der Waals surface area contributed by atoms with Gasteiger partial charge in [0.25, 0.3) is 0 Å². The Bertz CT molecular complexity index is 399. The van der Waals surface area contributed by atoms with Crippen molar-refractivity contribution in [3.05, 3.63) is 0 Å². The number of hydrogen-bond acceptors (Lipinski definition) is 5. The van der Waals surface area contributed by atoms with Gasteiger partial charge in [0.15, 0.2) is 0 Å². The zero-order valence-electron chi connectivity index (χ0n) is 12.5. The Kier molecular flexibility index (Phi) is 5.50. The molecular weight excluding hydrogens is 262 g/mol. The molecule has 0 spiro atoms. The molecule has 1 aliphatic rings. The second-order valence-electron chi connectivity index (χ2n) is 5.40. The summed E-state index contributed by atoms with van der Waals surface area (Å²) in [5, 5.41) is 5.23. The van der Waals surface area contributed by atoms with E-state index < -0.39 is 17.4 Å². The van der Waals surface area contributed by atoms with E-state index >= 15 is 0 Å². The molecule has 0 aromatic heterocycles. The van der Waals surface area contributed by atoms with Crippen molar-refractivity contribution in [2.45, 2.75) is 26.3 Å². The van der Waals surface area contributed by atoms with Gasteiger partial charge in [-0.3, -0.25) is 14.5 Å². The molecule has 20 heavy (non-hydrogen) atoms. The molecule has 2 unspecified atom stereocenters. The number of nitrogens with zero attached hydrogens (tertiary/aromatic N) is 1. The zero-order valence-corrected chi connectivity index (χ0v) is 12.5. The molecule has 0 radical (unpaired) electrons. The van der Waals surface area contributed by atoms with Crippen LogP contribution in [-0.2, 0) is 19.1 Å². The van der Waals surface area contributed by atoms with Gasteiger partial charge in [0.1, 0.15) is 6.04 Å². The molecule has 1 rings (SSSR count). The van der Waals surface area contributed by atoms with Gasteiger partial charge in [0.05, 0.1) is 12.5 Å². The van der Waals surface area contributed by atoms with Gasteiger partial charge in [-0.1, -0.05) is 0 Å². The fraction of sp³-hybridized carbons (Fsp3) is 0.769. The Labute approximate surface area is 119 Å². The summed E-state index contributed by atoms with van der Waals surface area (Å²) >= 11 is 0. The molecule has 1 aliphatic heterocycles. The molecule has 0 bridgehead atoms. The average molecular weight is 285 g/mol. The highest BCUT2D eigenvalue weighted by Gasteiger charge is 2.40. The summed E-state index contributed by atoms with van der Waals surface area (Å²) in [7, 11) is 2.90. The van der Waals surface area contributed by atoms with Crippen molar-refractivity contribution in [1.82, 2.24) is 15.5 Å². The molecule has 7 heteroatoms. The normalized spacial score (nSPS) is 24.0. The highest BCUT2D eigenvalue weighted by atomic mass is 16.5. The lowest BCUT2D eigenvalue weighted by Gasteiger charge is -2.25. The van der Waals surface area contributed by atoms with Gasteiger partial charge in [-0.15, -0.1) is 0 Å². The average Bonchev–Trinajstić information content (AvgIpc) is 2.78. The van der Waals surface area contributed by atoms with E-state index in [-0.39, 0.29) is 11.8 Å². The van der Waals surface area contributed by atoms with E-state index in [1.165, 1.54) is 14.0 Å². The van der Waals surface area contributed by atoms with E-state index in [4.69, 9.17) is 0 Å². The zero-order chi connectivity index (χ0) is 15.3. The minimum atomic E-state index is -0.704. The van der Waals surface area contributed by atoms with Crippen LogP contribution in [0.5, 0.6) is 0 Å². The predicted molar refractivity (Wildman–Crippen MR) is 72.9 cm³/mol. The van der Waals surface area contributed by atoms with E-state index in [0.29, 0.717) is 19.6 Å². The van der Waals surface area contributed by atoms with Gasteiger partial charge < -0.3 is 15.4 Å². The molecule has 1 heterocycles. The Morgan fingerprint density at radius 2 is 2.05 bits per heavy atom. The van der Waals surface area contributed by atoms with Crippen LogP contribution in [-0.4, -0.2) is 62.5 Å². The number of nitrogens with one attached hydrogen (secondary N) is 2. The van der Waals surface area contributed by atoms with Crippen molar-refractivity contribution < 1.29 is 19.1 Å². The van der Waals surface area contributed by atoms with Crippen molar-refractivity contribution in [3.8, 4) is 0 Å². The number of likely N-dealkylation sites (tertiary alicyclic amines) is 1. The number of amides is 2. The summed E-state index contributed by atoms with van der Waals surface area (Å²) in [5.41, 5.74) is -0.453. The molecule has 2 atom stereocenters. The SMILES string of the molecule is CNC(=O)C1(C)CCN(CC(NC(C)=O)C(=O)OC)C1. The van der Waals surface area contributed by atoms with Gasteiger partial charge >= 0.3 is 5.97 Å². The third kappa shape index (κ3) is 3.93. The highest BCUT2D eigenvalue weighted by molar-refractivity contribution is 5.84. The minimum Gasteiger partial charge on any atom is -0.467 e. The lowest BCUT2D eigenvalue weighted by molar-refractivity contribution is -0.145. The maximum Gasteiger partial charge on any atom is 0.329 e. The molecule has 0 aliphatic carbocycles. The number of carbonyl (C=O) groups excluding carboxylic acids is 3. The van der Waals surface area contributed by atoms with E-state index in [0.717, 1.165) is 6.42 Å². The van der Waals surface area contributed by atoms with Gasteiger partial charge in [-0.05, 0) is 19.9 Å². The largest absolute Gasteiger partial charge is 0.467 e. The summed E-state index contributed by atoms with van der Waals surface area (Å²) in [6, 6.07) is -0.704. The van der Waals surface area contributed by atoms with Crippen molar-refractivity contribution >= 4 is 17.8 Å². The molecule has 0 saturated carbocycles. The van der Waals surface area contributed by atoms with Crippen molar-refractivity contribution in [2.75, 3.05) is 33.8 Å².